The van der Waals surface area contributed by atoms with Gasteiger partial charge in [-0.1, -0.05) is 25.4 Å². The SMILES string of the molecule is Cc1cc(C(=O)N[C@H](CO)C(C)C)ccc1Cl. The van der Waals surface area contributed by atoms with Gasteiger partial charge in [-0.25, -0.2) is 0 Å². The number of rotatable bonds is 4. The monoisotopic (exact) mass is 255 g/mol. The number of aliphatic hydroxyl groups is 1. The van der Waals surface area contributed by atoms with Gasteiger partial charge in [-0.3, -0.25) is 4.79 Å². The molecule has 0 spiro atoms. The molecule has 0 radical (unpaired) electrons. The highest BCUT2D eigenvalue weighted by molar-refractivity contribution is 6.31. The number of aliphatic hydroxyl groups excluding tert-OH is 1. The number of aryl methyl sites for hydroxylation is 1. The predicted octanol–water partition coefficient (Wildman–Crippen LogP) is 2.40. The van der Waals surface area contributed by atoms with Gasteiger partial charge in [-0.15, -0.1) is 0 Å². The molecule has 0 aliphatic heterocycles. The van der Waals surface area contributed by atoms with Crippen LogP contribution in [0, 0.1) is 12.8 Å². The molecule has 0 saturated carbocycles. The van der Waals surface area contributed by atoms with Crippen molar-refractivity contribution in [3.63, 3.8) is 0 Å². The van der Waals surface area contributed by atoms with E-state index >= 15 is 0 Å². The first-order valence-electron chi connectivity index (χ1n) is 5.63. The van der Waals surface area contributed by atoms with Crippen LogP contribution in [0.15, 0.2) is 18.2 Å². The first-order valence-corrected chi connectivity index (χ1v) is 6.01. The summed E-state index contributed by atoms with van der Waals surface area (Å²) < 4.78 is 0. The normalized spacial score (nSPS) is 12.6. The zero-order valence-corrected chi connectivity index (χ0v) is 11.1. The van der Waals surface area contributed by atoms with E-state index in [0.29, 0.717) is 10.6 Å². The predicted molar refractivity (Wildman–Crippen MR) is 69.4 cm³/mol. The molecule has 0 aliphatic rings. The number of carbonyl (C=O) groups is 1. The number of nitrogens with one attached hydrogen (secondary N) is 1. The van der Waals surface area contributed by atoms with Gasteiger partial charge >= 0.3 is 0 Å². The third-order valence-electron chi connectivity index (χ3n) is 2.74. The highest BCUT2D eigenvalue weighted by Crippen LogP contribution is 2.16. The first-order chi connectivity index (χ1) is 7.95. The van der Waals surface area contributed by atoms with Crippen LogP contribution in [0.3, 0.4) is 0 Å². The van der Waals surface area contributed by atoms with Crippen molar-refractivity contribution >= 4 is 17.5 Å². The molecule has 0 saturated heterocycles. The van der Waals surface area contributed by atoms with E-state index in [-0.39, 0.29) is 24.5 Å². The van der Waals surface area contributed by atoms with Crippen LogP contribution in [-0.2, 0) is 0 Å². The standard InChI is InChI=1S/C13H18ClNO2/c1-8(2)12(7-16)15-13(17)10-4-5-11(14)9(3)6-10/h4-6,8,12,16H,7H2,1-3H3,(H,15,17)/t12-/m1/s1. The van der Waals surface area contributed by atoms with Crippen LogP contribution < -0.4 is 5.32 Å². The maximum atomic E-state index is 11.9. The Morgan fingerprint density at radius 3 is 2.59 bits per heavy atom. The molecule has 2 N–H and O–H groups in total. The number of amides is 1. The first kappa shape index (κ1) is 14.0. The fraction of sp³-hybridized carbons (Fsp3) is 0.462. The van der Waals surface area contributed by atoms with Crippen LogP contribution >= 0.6 is 11.6 Å². The molecular formula is C13H18ClNO2. The molecule has 0 aliphatic carbocycles. The van der Waals surface area contributed by atoms with Gasteiger partial charge in [0.25, 0.3) is 5.91 Å². The van der Waals surface area contributed by atoms with E-state index in [1.54, 1.807) is 18.2 Å². The van der Waals surface area contributed by atoms with Crippen molar-refractivity contribution < 1.29 is 9.90 Å². The fourth-order valence-corrected chi connectivity index (χ4v) is 1.58. The maximum absolute atomic E-state index is 11.9. The molecule has 1 atom stereocenters. The van der Waals surface area contributed by atoms with Crippen molar-refractivity contribution in [1.82, 2.24) is 5.32 Å². The third kappa shape index (κ3) is 3.72. The van der Waals surface area contributed by atoms with E-state index in [1.165, 1.54) is 0 Å². The Labute approximate surface area is 107 Å². The number of carbonyl (C=O) groups excluding carboxylic acids is 1. The van der Waals surface area contributed by atoms with Crippen molar-refractivity contribution in [3.05, 3.63) is 34.3 Å². The second kappa shape index (κ2) is 6.03. The summed E-state index contributed by atoms with van der Waals surface area (Å²) in [6.07, 6.45) is 0. The molecule has 0 bridgehead atoms. The van der Waals surface area contributed by atoms with Crippen LogP contribution in [0.5, 0.6) is 0 Å². The van der Waals surface area contributed by atoms with Gasteiger partial charge in [0.1, 0.15) is 0 Å². The van der Waals surface area contributed by atoms with Gasteiger partial charge in [0.15, 0.2) is 0 Å². The quantitative estimate of drug-likeness (QED) is 0.868. The van der Waals surface area contributed by atoms with Gasteiger partial charge < -0.3 is 10.4 Å². The third-order valence-corrected chi connectivity index (χ3v) is 3.16. The zero-order valence-electron chi connectivity index (χ0n) is 10.3. The molecule has 1 rings (SSSR count). The van der Waals surface area contributed by atoms with Crippen LogP contribution in [0.1, 0.15) is 29.8 Å². The topological polar surface area (TPSA) is 49.3 Å². The Bertz CT molecular complexity index is 404. The second-order valence-electron chi connectivity index (χ2n) is 4.47. The fourth-order valence-electron chi connectivity index (χ4n) is 1.46. The molecular weight excluding hydrogens is 238 g/mol. The van der Waals surface area contributed by atoms with E-state index in [2.05, 4.69) is 5.32 Å². The lowest BCUT2D eigenvalue weighted by Gasteiger charge is -2.20. The summed E-state index contributed by atoms with van der Waals surface area (Å²) in [5.41, 5.74) is 1.43. The molecule has 94 valence electrons. The number of benzene rings is 1. The van der Waals surface area contributed by atoms with Gasteiger partial charge in [-0.2, -0.15) is 0 Å². The molecule has 4 heteroatoms. The Hall–Kier alpha value is -1.06. The lowest BCUT2D eigenvalue weighted by molar-refractivity contribution is 0.0897. The minimum atomic E-state index is -0.224. The van der Waals surface area contributed by atoms with Gasteiger partial charge in [-0.05, 0) is 36.6 Å². The maximum Gasteiger partial charge on any atom is 0.251 e. The minimum Gasteiger partial charge on any atom is -0.394 e. The molecule has 0 heterocycles. The van der Waals surface area contributed by atoms with Gasteiger partial charge in [0.05, 0.1) is 12.6 Å². The molecule has 0 aromatic heterocycles. The van der Waals surface area contributed by atoms with Crippen molar-refractivity contribution in [2.75, 3.05) is 6.61 Å². The van der Waals surface area contributed by atoms with Gasteiger partial charge in [0, 0.05) is 10.6 Å². The van der Waals surface area contributed by atoms with Crippen LogP contribution in [0.25, 0.3) is 0 Å². The van der Waals surface area contributed by atoms with E-state index in [0.717, 1.165) is 5.56 Å². The van der Waals surface area contributed by atoms with Crippen molar-refractivity contribution in [3.8, 4) is 0 Å². The van der Waals surface area contributed by atoms with E-state index in [1.807, 2.05) is 20.8 Å². The van der Waals surface area contributed by atoms with Gasteiger partial charge in [0.2, 0.25) is 0 Å². The molecule has 1 amide bonds. The van der Waals surface area contributed by atoms with Crippen LogP contribution in [0.4, 0.5) is 0 Å². The van der Waals surface area contributed by atoms with E-state index in [4.69, 9.17) is 16.7 Å². The van der Waals surface area contributed by atoms with Crippen molar-refractivity contribution in [2.45, 2.75) is 26.8 Å². The average Bonchev–Trinajstić information content (AvgIpc) is 2.28. The molecule has 0 unspecified atom stereocenters. The summed E-state index contributed by atoms with van der Waals surface area (Å²) in [5, 5.41) is 12.6. The lowest BCUT2D eigenvalue weighted by Crippen LogP contribution is -2.41. The van der Waals surface area contributed by atoms with Crippen LogP contribution in [0.2, 0.25) is 5.02 Å². The lowest BCUT2D eigenvalue weighted by atomic mass is 10.0. The summed E-state index contributed by atoms with van der Waals surface area (Å²) >= 11 is 5.90. The van der Waals surface area contributed by atoms with E-state index < -0.39 is 0 Å². The Morgan fingerprint density at radius 1 is 1.47 bits per heavy atom. The summed E-state index contributed by atoms with van der Waals surface area (Å²) in [6.45, 7) is 5.70. The second-order valence-corrected chi connectivity index (χ2v) is 4.88. The largest absolute Gasteiger partial charge is 0.394 e. The average molecular weight is 256 g/mol. The van der Waals surface area contributed by atoms with Crippen LogP contribution in [-0.4, -0.2) is 23.7 Å². The van der Waals surface area contributed by atoms with Crippen molar-refractivity contribution in [1.29, 1.82) is 0 Å². The molecule has 3 nitrogen and oxygen atoms in total. The zero-order chi connectivity index (χ0) is 13.0. The highest BCUT2D eigenvalue weighted by Gasteiger charge is 2.16. The Kier molecular flexibility index (Phi) is 4.97. The summed E-state index contributed by atoms with van der Waals surface area (Å²) in [7, 11) is 0. The summed E-state index contributed by atoms with van der Waals surface area (Å²) in [4.78, 5) is 11.9. The smallest absolute Gasteiger partial charge is 0.251 e. The van der Waals surface area contributed by atoms with Crippen molar-refractivity contribution in [2.24, 2.45) is 5.92 Å². The molecule has 0 fully saturated rings. The summed E-state index contributed by atoms with van der Waals surface area (Å²) in [5.74, 6) is 0.00913. The minimum absolute atomic E-state index is 0.0595. The Morgan fingerprint density at radius 2 is 2.12 bits per heavy atom. The number of hydrogen-bond acceptors (Lipinski definition) is 2. The van der Waals surface area contributed by atoms with E-state index in [9.17, 15) is 4.79 Å². The number of hydrogen-bond donors (Lipinski definition) is 2. The molecule has 1 aromatic carbocycles. The Balaban J connectivity index is 2.79. The summed E-state index contributed by atoms with van der Waals surface area (Å²) in [6, 6.07) is 4.90. The number of halogens is 1. The molecule has 1 aromatic rings. The highest BCUT2D eigenvalue weighted by atomic mass is 35.5. The molecule has 17 heavy (non-hydrogen) atoms.